The Morgan fingerprint density at radius 3 is 2.37 bits per heavy atom. The molecule has 0 aliphatic heterocycles. The van der Waals surface area contributed by atoms with Crippen molar-refractivity contribution in [3.05, 3.63) is 83.8 Å². The molecule has 0 unspecified atom stereocenters. The van der Waals surface area contributed by atoms with Crippen LogP contribution >= 0.6 is 0 Å². The van der Waals surface area contributed by atoms with Crippen LogP contribution in [0.4, 0.5) is 24.7 Å². The van der Waals surface area contributed by atoms with Crippen molar-refractivity contribution in [1.29, 1.82) is 0 Å². The van der Waals surface area contributed by atoms with E-state index in [-0.39, 0.29) is 5.91 Å². The lowest BCUT2D eigenvalue weighted by atomic mass is 10.2. The Kier molecular flexibility index (Phi) is 5.35. The molecule has 0 bridgehead atoms. The van der Waals surface area contributed by atoms with Gasteiger partial charge in [0.1, 0.15) is 5.82 Å². The van der Waals surface area contributed by atoms with Gasteiger partial charge in [-0.1, -0.05) is 6.07 Å². The SMILES string of the molecule is O=C(NCc1cccnc1)c1ccc(Nc2ccc(C(F)(F)F)cc2)nc1. The zero-order valence-corrected chi connectivity index (χ0v) is 14.0. The average molecular weight is 372 g/mol. The third kappa shape index (κ3) is 5.04. The molecule has 27 heavy (non-hydrogen) atoms. The lowest BCUT2D eigenvalue weighted by molar-refractivity contribution is -0.137. The number of pyridine rings is 2. The molecule has 5 nitrogen and oxygen atoms in total. The molecule has 0 spiro atoms. The number of halogens is 3. The molecule has 3 aromatic rings. The molecule has 0 aliphatic rings. The van der Waals surface area contributed by atoms with Gasteiger partial charge in [-0.15, -0.1) is 0 Å². The van der Waals surface area contributed by atoms with Crippen molar-refractivity contribution in [2.45, 2.75) is 12.7 Å². The minimum absolute atomic E-state index is 0.285. The van der Waals surface area contributed by atoms with Gasteiger partial charge < -0.3 is 10.6 Å². The Labute approximate surface area is 153 Å². The second-order valence-corrected chi connectivity index (χ2v) is 5.68. The molecule has 0 fully saturated rings. The zero-order chi connectivity index (χ0) is 19.3. The molecular formula is C19H15F3N4O. The first-order valence-corrected chi connectivity index (χ1v) is 7.99. The Morgan fingerprint density at radius 2 is 1.78 bits per heavy atom. The predicted molar refractivity (Wildman–Crippen MR) is 94.4 cm³/mol. The number of amides is 1. The summed E-state index contributed by atoms with van der Waals surface area (Å²) >= 11 is 0. The fourth-order valence-corrected chi connectivity index (χ4v) is 2.28. The van der Waals surface area contributed by atoms with E-state index >= 15 is 0 Å². The van der Waals surface area contributed by atoms with Crippen LogP contribution in [0.5, 0.6) is 0 Å². The summed E-state index contributed by atoms with van der Waals surface area (Å²) in [6, 6.07) is 11.4. The van der Waals surface area contributed by atoms with Gasteiger partial charge in [0.05, 0.1) is 11.1 Å². The summed E-state index contributed by atoms with van der Waals surface area (Å²) in [5, 5.41) is 5.65. The van der Waals surface area contributed by atoms with Crippen LogP contribution in [0.15, 0.2) is 67.1 Å². The highest BCUT2D eigenvalue weighted by Crippen LogP contribution is 2.30. The van der Waals surface area contributed by atoms with Gasteiger partial charge in [0, 0.05) is 30.8 Å². The molecular weight excluding hydrogens is 357 g/mol. The highest BCUT2D eigenvalue weighted by atomic mass is 19.4. The number of hydrogen-bond donors (Lipinski definition) is 2. The number of carbonyl (C=O) groups is 1. The van der Waals surface area contributed by atoms with E-state index in [2.05, 4.69) is 20.6 Å². The number of benzene rings is 1. The minimum Gasteiger partial charge on any atom is -0.348 e. The number of rotatable bonds is 5. The molecule has 8 heteroatoms. The maximum atomic E-state index is 12.6. The van der Waals surface area contributed by atoms with Crippen molar-refractivity contribution in [1.82, 2.24) is 15.3 Å². The van der Waals surface area contributed by atoms with Crippen molar-refractivity contribution < 1.29 is 18.0 Å². The Morgan fingerprint density at radius 1 is 1.00 bits per heavy atom. The van der Waals surface area contributed by atoms with Crippen LogP contribution in [0.1, 0.15) is 21.5 Å². The van der Waals surface area contributed by atoms with Crippen LogP contribution in [0.2, 0.25) is 0 Å². The van der Waals surface area contributed by atoms with Gasteiger partial charge in [-0.05, 0) is 48.0 Å². The van der Waals surface area contributed by atoms with E-state index < -0.39 is 11.7 Å². The normalized spacial score (nSPS) is 11.1. The van der Waals surface area contributed by atoms with Crippen molar-refractivity contribution in [2.75, 3.05) is 5.32 Å². The number of anilines is 2. The number of nitrogens with one attached hydrogen (secondary N) is 2. The Balaban J connectivity index is 1.59. The Bertz CT molecular complexity index is 895. The van der Waals surface area contributed by atoms with Gasteiger partial charge in [-0.3, -0.25) is 9.78 Å². The third-order valence-electron chi connectivity index (χ3n) is 3.69. The highest BCUT2D eigenvalue weighted by molar-refractivity contribution is 5.94. The largest absolute Gasteiger partial charge is 0.416 e. The summed E-state index contributed by atoms with van der Waals surface area (Å²) in [4.78, 5) is 20.2. The van der Waals surface area contributed by atoms with Crippen molar-refractivity contribution in [3.63, 3.8) is 0 Å². The molecule has 2 aromatic heterocycles. The minimum atomic E-state index is -4.37. The molecule has 0 atom stereocenters. The monoisotopic (exact) mass is 372 g/mol. The van der Waals surface area contributed by atoms with Crippen LogP contribution in [0.25, 0.3) is 0 Å². The summed E-state index contributed by atoms with van der Waals surface area (Å²) in [5.41, 5.74) is 0.988. The number of aromatic nitrogens is 2. The summed E-state index contributed by atoms with van der Waals surface area (Å²) < 4.78 is 37.7. The predicted octanol–water partition coefficient (Wildman–Crippen LogP) is 4.17. The van der Waals surface area contributed by atoms with Crippen molar-refractivity contribution >= 4 is 17.4 Å². The van der Waals surface area contributed by atoms with Gasteiger partial charge in [0.25, 0.3) is 5.91 Å². The fourth-order valence-electron chi connectivity index (χ4n) is 2.28. The number of nitrogens with zero attached hydrogens (tertiary/aromatic N) is 2. The van der Waals surface area contributed by atoms with E-state index in [1.165, 1.54) is 18.3 Å². The maximum Gasteiger partial charge on any atom is 0.416 e. The first-order valence-electron chi connectivity index (χ1n) is 7.99. The van der Waals surface area contributed by atoms with Crippen LogP contribution in [-0.4, -0.2) is 15.9 Å². The smallest absolute Gasteiger partial charge is 0.348 e. The molecule has 1 aromatic carbocycles. The second kappa shape index (κ2) is 7.86. The van der Waals surface area contributed by atoms with Crippen LogP contribution < -0.4 is 10.6 Å². The topological polar surface area (TPSA) is 66.9 Å². The van der Waals surface area contributed by atoms with E-state index in [0.29, 0.717) is 23.6 Å². The molecule has 0 saturated carbocycles. The third-order valence-corrected chi connectivity index (χ3v) is 3.69. The van der Waals surface area contributed by atoms with Crippen molar-refractivity contribution in [2.24, 2.45) is 0 Å². The maximum absolute atomic E-state index is 12.6. The summed E-state index contributed by atoms with van der Waals surface area (Å²) in [6.45, 7) is 0.345. The van der Waals surface area contributed by atoms with Gasteiger partial charge in [-0.25, -0.2) is 4.98 Å². The number of carbonyl (C=O) groups excluding carboxylic acids is 1. The van der Waals surface area contributed by atoms with Crippen LogP contribution in [0, 0.1) is 0 Å². The first kappa shape index (κ1) is 18.4. The van der Waals surface area contributed by atoms with Gasteiger partial charge in [0.15, 0.2) is 0 Å². The molecule has 0 aliphatic carbocycles. The molecule has 138 valence electrons. The van der Waals surface area contributed by atoms with E-state index in [0.717, 1.165) is 17.7 Å². The summed E-state index contributed by atoms with van der Waals surface area (Å²) in [7, 11) is 0. The van der Waals surface area contributed by atoms with Crippen LogP contribution in [-0.2, 0) is 12.7 Å². The number of alkyl halides is 3. The standard InChI is InChI=1S/C19H15F3N4O/c20-19(21,22)15-4-6-16(7-5-15)26-17-8-3-14(12-24-17)18(27)25-11-13-2-1-9-23-10-13/h1-10,12H,11H2,(H,24,26)(H,25,27). The zero-order valence-electron chi connectivity index (χ0n) is 14.0. The van der Waals surface area contributed by atoms with E-state index in [4.69, 9.17) is 0 Å². The van der Waals surface area contributed by atoms with E-state index in [1.807, 2.05) is 6.07 Å². The molecule has 2 heterocycles. The lowest BCUT2D eigenvalue weighted by Gasteiger charge is -2.09. The molecule has 2 N–H and O–H groups in total. The molecule has 0 radical (unpaired) electrons. The molecule has 0 saturated heterocycles. The number of hydrogen-bond acceptors (Lipinski definition) is 4. The Hall–Kier alpha value is -3.42. The first-order chi connectivity index (χ1) is 12.9. The summed E-state index contributed by atoms with van der Waals surface area (Å²) in [5.74, 6) is 0.131. The van der Waals surface area contributed by atoms with Gasteiger partial charge >= 0.3 is 6.18 Å². The van der Waals surface area contributed by atoms with Gasteiger partial charge in [-0.2, -0.15) is 13.2 Å². The van der Waals surface area contributed by atoms with Crippen LogP contribution in [0.3, 0.4) is 0 Å². The van der Waals surface area contributed by atoms with Crippen molar-refractivity contribution in [3.8, 4) is 0 Å². The van der Waals surface area contributed by atoms with E-state index in [1.54, 1.807) is 30.6 Å². The van der Waals surface area contributed by atoms with E-state index in [9.17, 15) is 18.0 Å². The lowest BCUT2D eigenvalue weighted by Crippen LogP contribution is -2.22. The molecule has 3 rings (SSSR count). The van der Waals surface area contributed by atoms with Gasteiger partial charge in [0.2, 0.25) is 0 Å². The highest BCUT2D eigenvalue weighted by Gasteiger charge is 2.29. The quantitative estimate of drug-likeness (QED) is 0.706. The molecule has 1 amide bonds. The summed E-state index contributed by atoms with van der Waals surface area (Å²) in [6.07, 6.45) is 0.333. The average Bonchev–Trinajstić information content (AvgIpc) is 2.67. The fraction of sp³-hybridized carbons (Fsp3) is 0.105. The second-order valence-electron chi connectivity index (χ2n) is 5.68.